The lowest BCUT2D eigenvalue weighted by Crippen LogP contribution is -2.58. The molecule has 0 aliphatic heterocycles. The van der Waals surface area contributed by atoms with Crippen molar-refractivity contribution in [3.05, 3.63) is 35.6 Å². The molecule has 1 aromatic heterocycles. The molecule has 0 radical (unpaired) electrons. The van der Waals surface area contributed by atoms with E-state index in [-0.39, 0.29) is 6.61 Å². The van der Waals surface area contributed by atoms with Crippen molar-refractivity contribution in [2.45, 2.75) is 57.2 Å². The topological polar surface area (TPSA) is 45.4 Å². The highest BCUT2D eigenvalue weighted by Gasteiger charge is 2.50. The van der Waals surface area contributed by atoms with Crippen molar-refractivity contribution in [3.8, 4) is 0 Å². The maximum atomic E-state index is 9.20. The number of fused-ring (bicyclic) bond motifs is 1. The number of rotatable bonds is 4. The van der Waals surface area contributed by atoms with E-state index in [2.05, 4.69) is 17.4 Å². The Kier molecular flexibility index (Phi) is 3.11. The number of hydrogen-bond donors (Lipinski definition) is 2. The number of aliphatic hydroxyl groups is 1. The van der Waals surface area contributed by atoms with Gasteiger partial charge in [-0.05, 0) is 80.0 Å². The third kappa shape index (κ3) is 2.41. The summed E-state index contributed by atoms with van der Waals surface area (Å²) in [6.45, 7) is 0.914. The van der Waals surface area contributed by atoms with Gasteiger partial charge in [0.15, 0.2) is 0 Å². The van der Waals surface area contributed by atoms with Crippen LogP contribution in [0.5, 0.6) is 0 Å². The quantitative estimate of drug-likeness (QED) is 0.897. The smallest absolute Gasteiger partial charge is 0.134 e. The van der Waals surface area contributed by atoms with Crippen LogP contribution in [0.4, 0.5) is 0 Å². The fraction of sp³-hybridized carbons (Fsp3) is 0.600. The Morgan fingerprint density at radius 1 is 1.04 bits per heavy atom. The molecule has 4 bridgehead atoms. The van der Waals surface area contributed by atoms with E-state index in [0.29, 0.717) is 11.3 Å². The molecule has 0 atom stereocenters. The van der Waals surface area contributed by atoms with Crippen LogP contribution in [0.1, 0.15) is 49.8 Å². The van der Waals surface area contributed by atoms with Gasteiger partial charge in [-0.3, -0.25) is 0 Å². The van der Waals surface area contributed by atoms with Gasteiger partial charge in [-0.25, -0.2) is 0 Å². The monoisotopic (exact) mass is 311 g/mol. The van der Waals surface area contributed by atoms with Crippen molar-refractivity contribution in [1.29, 1.82) is 0 Å². The first-order valence-electron chi connectivity index (χ1n) is 9.09. The van der Waals surface area contributed by atoms with Gasteiger partial charge in [-0.2, -0.15) is 0 Å². The molecule has 2 N–H and O–H groups in total. The molecule has 4 aliphatic carbocycles. The van der Waals surface area contributed by atoms with E-state index in [1.54, 1.807) is 0 Å². The van der Waals surface area contributed by atoms with E-state index < -0.39 is 0 Å². The molecule has 4 saturated carbocycles. The number of hydrogen-bond acceptors (Lipinski definition) is 3. The van der Waals surface area contributed by atoms with Gasteiger partial charge in [0.1, 0.15) is 18.0 Å². The highest BCUT2D eigenvalue weighted by Crippen LogP contribution is 2.55. The van der Waals surface area contributed by atoms with Crippen molar-refractivity contribution in [2.75, 3.05) is 0 Å². The highest BCUT2D eigenvalue weighted by molar-refractivity contribution is 5.78. The van der Waals surface area contributed by atoms with E-state index in [0.717, 1.165) is 35.3 Å². The summed E-state index contributed by atoms with van der Waals surface area (Å²) in [5.41, 5.74) is 2.60. The van der Waals surface area contributed by atoms with Crippen LogP contribution in [-0.2, 0) is 13.2 Å². The zero-order valence-electron chi connectivity index (χ0n) is 13.6. The van der Waals surface area contributed by atoms with Crippen LogP contribution < -0.4 is 5.32 Å². The largest absolute Gasteiger partial charge is 0.459 e. The SMILES string of the molecule is OCc1cc2cc(CNC34CC5CC(CC(C5)C3)C4)ccc2o1. The van der Waals surface area contributed by atoms with Crippen LogP contribution in [-0.4, -0.2) is 10.6 Å². The summed E-state index contributed by atoms with van der Waals surface area (Å²) >= 11 is 0. The van der Waals surface area contributed by atoms with Crippen LogP contribution in [0, 0.1) is 17.8 Å². The molecule has 4 fully saturated rings. The Balaban J connectivity index is 1.34. The zero-order valence-corrected chi connectivity index (χ0v) is 13.6. The van der Waals surface area contributed by atoms with E-state index in [1.165, 1.54) is 44.1 Å². The molecule has 1 heterocycles. The lowest BCUT2D eigenvalue weighted by atomic mass is 9.53. The Bertz CT molecular complexity index is 697. The average molecular weight is 311 g/mol. The molecule has 2 aromatic rings. The van der Waals surface area contributed by atoms with Crippen LogP contribution >= 0.6 is 0 Å². The fourth-order valence-corrected chi connectivity index (χ4v) is 5.95. The lowest BCUT2D eigenvalue weighted by molar-refractivity contribution is -0.0205. The van der Waals surface area contributed by atoms with Gasteiger partial charge < -0.3 is 14.8 Å². The summed E-state index contributed by atoms with van der Waals surface area (Å²) in [5.74, 6) is 3.60. The molecule has 0 unspecified atom stereocenters. The molecular weight excluding hydrogens is 286 g/mol. The molecule has 0 saturated heterocycles. The van der Waals surface area contributed by atoms with Crippen molar-refractivity contribution in [1.82, 2.24) is 5.32 Å². The molecule has 0 spiro atoms. The zero-order chi connectivity index (χ0) is 15.4. The predicted octanol–water partition coefficient (Wildman–Crippen LogP) is 3.98. The van der Waals surface area contributed by atoms with Gasteiger partial charge >= 0.3 is 0 Å². The molecular formula is C20H25NO2. The van der Waals surface area contributed by atoms with Crippen molar-refractivity contribution in [2.24, 2.45) is 17.8 Å². The van der Waals surface area contributed by atoms with Crippen LogP contribution in [0.25, 0.3) is 11.0 Å². The van der Waals surface area contributed by atoms with Gasteiger partial charge in [0.05, 0.1) is 0 Å². The summed E-state index contributed by atoms with van der Waals surface area (Å²) in [5, 5.41) is 14.2. The highest BCUT2D eigenvalue weighted by atomic mass is 16.4. The molecule has 122 valence electrons. The van der Waals surface area contributed by atoms with Gasteiger partial charge in [0.25, 0.3) is 0 Å². The first-order valence-corrected chi connectivity index (χ1v) is 9.09. The second-order valence-corrected chi connectivity index (χ2v) is 8.29. The van der Waals surface area contributed by atoms with E-state index in [1.807, 2.05) is 12.1 Å². The normalized spacial score (nSPS) is 35.3. The summed E-state index contributed by atoms with van der Waals surface area (Å²) in [6, 6.07) is 8.33. The molecule has 23 heavy (non-hydrogen) atoms. The Morgan fingerprint density at radius 2 is 1.74 bits per heavy atom. The Hall–Kier alpha value is -1.32. The van der Waals surface area contributed by atoms with Crippen LogP contribution in [0.15, 0.2) is 28.7 Å². The molecule has 6 rings (SSSR count). The summed E-state index contributed by atoms with van der Waals surface area (Å²) in [6.07, 6.45) is 8.65. The molecule has 1 aromatic carbocycles. The average Bonchev–Trinajstić information content (AvgIpc) is 2.94. The summed E-state index contributed by atoms with van der Waals surface area (Å²) in [4.78, 5) is 0. The summed E-state index contributed by atoms with van der Waals surface area (Å²) in [7, 11) is 0. The minimum absolute atomic E-state index is 0.0322. The molecule has 0 amide bonds. The van der Waals surface area contributed by atoms with E-state index in [4.69, 9.17) is 4.42 Å². The maximum absolute atomic E-state index is 9.20. The number of benzene rings is 1. The molecule has 4 aliphatic rings. The third-order valence-electron chi connectivity index (χ3n) is 6.49. The van der Waals surface area contributed by atoms with Crippen molar-refractivity contribution < 1.29 is 9.52 Å². The number of furan rings is 1. The minimum Gasteiger partial charge on any atom is -0.459 e. The molecule has 3 heteroatoms. The maximum Gasteiger partial charge on any atom is 0.134 e. The summed E-state index contributed by atoms with van der Waals surface area (Å²) < 4.78 is 5.58. The minimum atomic E-state index is -0.0322. The Morgan fingerprint density at radius 3 is 2.39 bits per heavy atom. The predicted molar refractivity (Wildman–Crippen MR) is 89.9 cm³/mol. The van der Waals surface area contributed by atoms with E-state index in [9.17, 15) is 5.11 Å². The van der Waals surface area contributed by atoms with Crippen molar-refractivity contribution >= 4 is 11.0 Å². The third-order valence-corrected chi connectivity index (χ3v) is 6.49. The number of nitrogens with one attached hydrogen (secondary N) is 1. The van der Waals surface area contributed by atoms with Gasteiger partial charge in [0.2, 0.25) is 0 Å². The first kappa shape index (κ1) is 14.1. The standard InChI is InChI=1S/C20H25NO2/c22-12-18-7-17-6-13(1-2-19(17)23-18)11-21-20-8-14-3-15(9-20)5-16(4-14)10-20/h1-2,6-7,14-16,21-22H,3-5,8-12H2. The second kappa shape index (κ2) is 5.09. The fourth-order valence-electron chi connectivity index (χ4n) is 5.95. The lowest BCUT2D eigenvalue weighted by Gasteiger charge is -2.57. The van der Waals surface area contributed by atoms with Gasteiger partial charge in [-0.1, -0.05) is 6.07 Å². The first-order chi connectivity index (χ1) is 11.2. The second-order valence-electron chi connectivity index (χ2n) is 8.29. The Labute approximate surface area is 137 Å². The van der Waals surface area contributed by atoms with Crippen LogP contribution in [0.3, 0.4) is 0 Å². The number of aliphatic hydroxyl groups excluding tert-OH is 1. The van der Waals surface area contributed by atoms with Gasteiger partial charge in [0, 0.05) is 17.5 Å². The van der Waals surface area contributed by atoms with Gasteiger partial charge in [-0.15, -0.1) is 0 Å². The van der Waals surface area contributed by atoms with Crippen LogP contribution in [0.2, 0.25) is 0 Å². The molecule has 3 nitrogen and oxygen atoms in total. The van der Waals surface area contributed by atoms with Crippen molar-refractivity contribution in [3.63, 3.8) is 0 Å². The van der Waals surface area contributed by atoms with E-state index >= 15 is 0 Å².